The summed E-state index contributed by atoms with van der Waals surface area (Å²) >= 11 is 0. The third-order valence-electron chi connectivity index (χ3n) is 6.18. The smallest absolute Gasteiger partial charge is 0.264 e. The molecule has 29 heavy (non-hydrogen) atoms. The van der Waals surface area contributed by atoms with Crippen molar-refractivity contribution in [2.24, 2.45) is 0 Å². The van der Waals surface area contributed by atoms with Gasteiger partial charge in [0, 0.05) is 24.9 Å². The number of hydrogen-bond donors (Lipinski definition) is 0. The summed E-state index contributed by atoms with van der Waals surface area (Å²) in [6.45, 7) is 4.92. The van der Waals surface area contributed by atoms with Crippen LogP contribution in [0.1, 0.15) is 29.9 Å². The Balaban J connectivity index is 1.60. The molecule has 5 rings (SSSR count). The van der Waals surface area contributed by atoms with Crippen LogP contribution in [0.2, 0.25) is 0 Å². The second kappa shape index (κ2) is 6.92. The lowest BCUT2D eigenvalue weighted by Crippen LogP contribution is -2.47. The van der Waals surface area contributed by atoms with Crippen molar-refractivity contribution < 1.29 is 17.9 Å². The van der Waals surface area contributed by atoms with Crippen LogP contribution < -0.4 is 13.8 Å². The van der Waals surface area contributed by atoms with Gasteiger partial charge in [0.1, 0.15) is 0 Å². The van der Waals surface area contributed by atoms with Crippen LogP contribution in [0.5, 0.6) is 11.5 Å². The number of fused-ring (bicyclic) bond motifs is 4. The van der Waals surface area contributed by atoms with Crippen molar-refractivity contribution >= 4 is 15.7 Å². The first-order chi connectivity index (χ1) is 13.9. The number of likely N-dealkylation sites (tertiary alicyclic amines) is 1. The highest BCUT2D eigenvalue weighted by Gasteiger charge is 2.46. The van der Waals surface area contributed by atoms with Crippen LogP contribution in [-0.2, 0) is 10.0 Å². The molecule has 154 valence electrons. The summed E-state index contributed by atoms with van der Waals surface area (Å²) in [7, 11) is -1.62. The number of ether oxygens (including phenoxy) is 2. The Labute approximate surface area is 172 Å². The van der Waals surface area contributed by atoms with Crippen molar-refractivity contribution in [2.75, 3.05) is 37.7 Å². The molecule has 7 heteroatoms. The van der Waals surface area contributed by atoms with E-state index in [1.165, 1.54) is 0 Å². The zero-order valence-electron chi connectivity index (χ0n) is 16.8. The minimum atomic E-state index is -3.72. The summed E-state index contributed by atoms with van der Waals surface area (Å²) in [5.74, 6) is 1.31. The van der Waals surface area contributed by atoms with Gasteiger partial charge in [-0.1, -0.05) is 17.7 Å². The maximum atomic E-state index is 13.8. The Morgan fingerprint density at radius 2 is 1.83 bits per heavy atom. The highest BCUT2D eigenvalue weighted by molar-refractivity contribution is 7.92. The number of hydrogen-bond acceptors (Lipinski definition) is 5. The monoisotopic (exact) mass is 414 g/mol. The second-order valence-corrected chi connectivity index (χ2v) is 10.1. The Morgan fingerprint density at radius 1 is 1.03 bits per heavy atom. The Bertz CT molecular complexity index is 1050. The molecule has 3 aliphatic rings. The molecule has 0 amide bonds. The number of piperidine rings is 1. The van der Waals surface area contributed by atoms with Gasteiger partial charge in [0.25, 0.3) is 10.0 Å². The maximum Gasteiger partial charge on any atom is 0.264 e. The number of likely N-dealkylation sites (N-methyl/N-ethyl adjacent to an activating group) is 1. The van der Waals surface area contributed by atoms with Gasteiger partial charge in [-0.15, -0.1) is 0 Å². The molecule has 2 aromatic carbocycles. The summed E-state index contributed by atoms with van der Waals surface area (Å²) in [5.41, 5.74) is 3.11. The number of aryl methyl sites for hydroxylation is 1. The summed E-state index contributed by atoms with van der Waals surface area (Å²) < 4.78 is 40.7. The third-order valence-corrected chi connectivity index (χ3v) is 8.01. The van der Waals surface area contributed by atoms with E-state index < -0.39 is 10.0 Å². The molecule has 0 unspecified atom stereocenters. The second-order valence-electron chi connectivity index (χ2n) is 8.25. The van der Waals surface area contributed by atoms with Crippen molar-refractivity contribution in [3.05, 3.63) is 47.5 Å². The van der Waals surface area contributed by atoms with Crippen LogP contribution in [0.3, 0.4) is 0 Å². The van der Waals surface area contributed by atoms with Gasteiger partial charge in [0.15, 0.2) is 11.5 Å². The molecular formula is C22H26N2O4S. The van der Waals surface area contributed by atoms with Crippen LogP contribution in [0.15, 0.2) is 41.3 Å². The van der Waals surface area contributed by atoms with E-state index in [9.17, 15) is 8.42 Å². The standard InChI is InChI=1S/C22H26N2O4S/c1-15-4-6-19-17(12-15)18-14-23(2)9-8-20(18)24(19)29(25,26)16-5-7-21-22(13-16)28-11-3-10-27-21/h4-7,12-13,18,20H,3,8-11,14H2,1-2H3/t18-,20-/m0/s1. The lowest BCUT2D eigenvalue weighted by Gasteiger charge is -2.36. The van der Waals surface area contributed by atoms with Gasteiger partial charge in [-0.3, -0.25) is 4.31 Å². The number of nitrogens with zero attached hydrogens (tertiary/aromatic N) is 2. The SMILES string of the molecule is Cc1ccc2c(c1)[C@@H]1CN(C)CC[C@@H]1N2S(=O)(=O)c1ccc2c(c1)OCCCO2. The molecule has 2 atom stereocenters. The average Bonchev–Trinajstić information content (AvgIpc) is 2.85. The topological polar surface area (TPSA) is 59.1 Å². The number of anilines is 1. The van der Waals surface area contributed by atoms with Crippen LogP contribution in [0.4, 0.5) is 5.69 Å². The summed E-state index contributed by atoms with van der Waals surface area (Å²) in [4.78, 5) is 2.55. The molecule has 3 heterocycles. The molecule has 0 aliphatic carbocycles. The van der Waals surface area contributed by atoms with Gasteiger partial charge in [0.2, 0.25) is 0 Å². The molecule has 0 N–H and O–H groups in total. The van der Waals surface area contributed by atoms with Crippen molar-refractivity contribution in [1.82, 2.24) is 4.90 Å². The Morgan fingerprint density at radius 3 is 2.66 bits per heavy atom. The zero-order valence-corrected chi connectivity index (χ0v) is 17.6. The molecule has 0 saturated carbocycles. The number of sulfonamides is 1. The van der Waals surface area contributed by atoms with Crippen molar-refractivity contribution in [2.45, 2.75) is 36.6 Å². The van der Waals surface area contributed by atoms with Crippen molar-refractivity contribution in [1.29, 1.82) is 0 Å². The zero-order chi connectivity index (χ0) is 20.2. The number of rotatable bonds is 2. The molecule has 0 aromatic heterocycles. The quantitative estimate of drug-likeness (QED) is 0.756. The predicted molar refractivity (Wildman–Crippen MR) is 112 cm³/mol. The molecule has 6 nitrogen and oxygen atoms in total. The molecule has 0 spiro atoms. The van der Waals surface area contributed by atoms with E-state index in [0.29, 0.717) is 24.7 Å². The predicted octanol–water partition coefficient (Wildman–Crippen LogP) is 3.15. The molecule has 0 bridgehead atoms. The van der Waals surface area contributed by atoms with E-state index in [4.69, 9.17) is 9.47 Å². The normalized spacial score (nSPS) is 24.0. The highest BCUT2D eigenvalue weighted by atomic mass is 32.2. The summed E-state index contributed by atoms with van der Waals surface area (Å²) in [6.07, 6.45) is 1.60. The van der Waals surface area contributed by atoms with Crippen molar-refractivity contribution in [3.8, 4) is 11.5 Å². The molecule has 0 radical (unpaired) electrons. The summed E-state index contributed by atoms with van der Waals surface area (Å²) in [5, 5.41) is 0. The first-order valence-corrected chi connectivity index (χ1v) is 11.6. The van der Waals surface area contributed by atoms with Gasteiger partial charge in [0.05, 0.1) is 29.8 Å². The fourth-order valence-corrected chi connectivity index (χ4v) is 6.52. The van der Waals surface area contributed by atoms with E-state index in [1.54, 1.807) is 22.5 Å². The minimum absolute atomic E-state index is 0.0519. The molecule has 2 aromatic rings. The van der Waals surface area contributed by atoms with Crippen molar-refractivity contribution in [3.63, 3.8) is 0 Å². The lowest BCUT2D eigenvalue weighted by atomic mass is 9.89. The maximum absolute atomic E-state index is 13.8. The van der Waals surface area contributed by atoms with E-state index in [1.807, 2.05) is 12.1 Å². The first-order valence-electron chi connectivity index (χ1n) is 10.2. The lowest BCUT2D eigenvalue weighted by molar-refractivity contribution is 0.237. The van der Waals surface area contributed by atoms with Crippen LogP contribution in [0.25, 0.3) is 0 Å². The largest absolute Gasteiger partial charge is 0.490 e. The average molecular weight is 415 g/mol. The van der Waals surface area contributed by atoms with Gasteiger partial charge in [-0.25, -0.2) is 8.42 Å². The number of benzene rings is 2. The van der Waals surface area contributed by atoms with E-state index in [-0.39, 0.29) is 16.9 Å². The van der Waals surface area contributed by atoms with Crippen LogP contribution in [-0.4, -0.2) is 52.7 Å². The first kappa shape index (κ1) is 18.8. The highest BCUT2D eigenvalue weighted by Crippen LogP contribution is 2.48. The van der Waals surface area contributed by atoms with Gasteiger partial charge in [-0.2, -0.15) is 0 Å². The van der Waals surface area contributed by atoms with Crippen LogP contribution in [0, 0.1) is 6.92 Å². The summed E-state index contributed by atoms with van der Waals surface area (Å²) in [6, 6.07) is 11.0. The molecular weight excluding hydrogens is 388 g/mol. The van der Waals surface area contributed by atoms with Gasteiger partial charge < -0.3 is 14.4 Å². The fourth-order valence-electron chi connectivity index (χ4n) is 4.76. The third kappa shape index (κ3) is 3.07. The molecule has 1 saturated heterocycles. The molecule has 3 aliphatic heterocycles. The minimum Gasteiger partial charge on any atom is -0.490 e. The Hall–Kier alpha value is -2.25. The Kier molecular flexibility index (Phi) is 4.47. The van der Waals surface area contributed by atoms with E-state index >= 15 is 0 Å². The molecule has 1 fully saturated rings. The van der Waals surface area contributed by atoms with E-state index in [2.05, 4.69) is 24.9 Å². The van der Waals surface area contributed by atoms with E-state index in [0.717, 1.165) is 42.7 Å². The van der Waals surface area contributed by atoms with Gasteiger partial charge >= 0.3 is 0 Å². The van der Waals surface area contributed by atoms with Gasteiger partial charge in [-0.05, 0) is 50.7 Å². The van der Waals surface area contributed by atoms with Crippen LogP contribution >= 0.6 is 0 Å². The fraction of sp³-hybridized carbons (Fsp3) is 0.455.